The number of halogens is 1. The first-order chi connectivity index (χ1) is 13.5. The van der Waals surface area contributed by atoms with Crippen molar-refractivity contribution in [3.63, 3.8) is 0 Å². The average molecular weight is 405 g/mol. The summed E-state index contributed by atoms with van der Waals surface area (Å²) >= 11 is 6.08. The van der Waals surface area contributed by atoms with Crippen molar-refractivity contribution in [3.8, 4) is 17.2 Å². The number of aliphatic imine (C=N–C) groups is 1. The van der Waals surface area contributed by atoms with Gasteiger partial charge in [0.05, 0.1) is 25.1 Å². The summed E-state index contributed by atoms with van der Waals surface area (Å²) in [6.45, 7) is 4.27. The van der Waals surface area contributed by atoms with Gasteiger partial charge in [-0.1, -0.05) is 24.9 Å². The first-order valence-corrected chi connectivity index (χ1v) is 9.53. The van der Waals surface area contributed by atoms with E-state index in [0.29, 0.717) is 46.5 Å². The Morgan fingerprint density at radius 1 is 1.25 bits per heavy atom. The first kappa shape index (κ1) is 21.6. The topological polar surface area (TPSA) is 80.2 Å². The summed E-state index contributed by atoms with van der Waals surface area (Å²) in [5.41, 5.74) is 1.62. The van der Waals surface area contributed by atoms with Crippen LogP contribution in [0.15, 0.2) is 35.3 Å². The summed E-state index contributed by atoms with van der Waals surface area (Å²) < 4.78 is 10.7. The van der Waals surface area contributed by atoms with Gasteiger partial charge in [0.1, 0.15) is 5.75 Å². The van der Waals surface area contributed by atoms with E-state index in [9.17, 15) is 9.90 Å². The van der Waals surface area contributed by atoms with Gasteiger partial charge in [0, 0.05) is 35.4 Å². The summed E-state index contributed by atoms with van der Waals surface area (Å²) in [6.07, 6.45) is 3.76. The quantitative estimate of drug-likeness (QED) is 0.553. The third-order valence-corrected chi connectivity index (χ3v) is 4.16. The highest BCUT2D eigenvalue weighted by molar-refractivity contribution is 6.31. The van der Waals surface area contributed by atoms with E-state index in [1.807, 2.05) is 13.8 Å². The van der Waals surface area contributed by atoms with Gasteiger partial charge in [-0.05, 0) is 31.5 Å². The van der Waals surface area contributed by atoms with E-state index in [2.05, 4.69) is 10.3 Å². The number of unbranched alkanes of at least 4 members (excludes halogenated alkanes) is 1. The Labute approximate surface area is 170 Å². The lowest BCUT2D eigenvalue weighted by atomic mass is 10.2. The number of hydrogen-bond donors (Lipinski definition) is 2. The van der Waals surface area contributed by atoms with E-state index in [1.54, 1.807) is 30.3 Å². The molecule has 7 heteroatoms. The van der Waals surface area contributed by atoms with Crippen LogP contribution in [-0.2, 0) is 4.79 Å². The lowest BCUT2D eigenvalue weighted by Gasteiger charge is -2.11. The molecule has 28 heavy (non-hydrogen) atoms. The molecule has 0 radical (unpaired) electrons. The molecule has 0 unspecified atom stereocenters. The summed E-state index contributed by atoms with van der Waals surface area (Å²) in [5.74, 6) is 0.731. The number of ether oxygens (including phenoxy) is 2. The molecule has 0 aliphatic heterocycles. The Kier molecular flexibility index (Phi) is 8.14. The Bertz CT molecular complexity index is 853. The number of aromatic hydroxyl groups is 1. The van der Waals surface area contributed by atoms with Gasteiger partial charge in [-0.25, -0.2) is 0 Å². The zero-order chi connectivity index (χ0) is 20.5. The van der Waals surface area contributed by atoms with Crippen molar-refractivity contribution in [2.45, 2.75) is 33.1 Å². The van der Waals surface area contributed by atoms with Gasteiger partial charge in [0.2, 0.25) is 5.91 Å². The molecule has 0 aliphatic rings. The fourth-order valence-electron chi connectivity index (χ4n) is 2.52. The lowest BCUT2D eigenvalue weighted by Crippen LogP contribution is -2.11. The Morgan fingerprint density at radius 3 is 2.71 bits per heavy atom. The second kappa shape index (κ2) is 10.6. The maximum absolute atomic E-state index is 11.9. The molecule has 0 saturated carbocycles. The van der Waals surface area contributed by atoms with Crippen LogP contribution in [0.2, 0.25) is 5.02 Å². The zero-order valence-electron chi connectivity index (χ0n) is 16.3. The molecular weight excluding hydrogens is 380 g/mol. The van der Waals surface area contributed by atoms with Crippen molar-refractivity contribution >= 4 is 35.1 Å². The molecule has 0 fully saturated rings. The predicted molar refractivity (Wildman–Crippen MR) is 113 cm³/mol. The predicted octanol–water partition coefficient (Wildman–Crippen LogP) is 5.33. The molecule has 2 N–H and O–H groups in total. The molecule has 0 spiro atoms. The SMILES string of the molecule is CCCCC(=O)Nc1ccc(N=Cc2cc(Cl)cc(OCC)c2O)cc1OC. The van der Waals surface area contributed by atoms with Crippen LogP contribution in [0.4, 0.5) is 11.4 Å². The molecule has 0 aromatic heterocycles. The Morgan fingerprint density at radius 2 is 2.04 bits per heavy atom. The van der Waals surface area contributed by atoms with E-state index in [-0.39, 0.29) is 11.7 Å². The average Bonchev–Trinajstić information content (AvgIpc) is 2.68. The summed E-state index contributed by atoms with van der Waals surface area (Å²) in [5, 5.41) is 13.6. The Hall–Kier alpha value is -2.73. The second-order valence-electron chi connectivity index (χ2n) is 6.07. The minimum Gasteiger partial charge on any atom is -0.504 e. The van der Waals surface area contributed by atoms with Crippen molar-refractivity contribution < 1.29 is 19.4 Å². The van der Waals surface area contributed by atoms with Crippen LogP contribution in [0.1, 0.15) is 38.7 Å². The number of nitrogens with zero attached hydrogens (tertiary/aromatic N) is 1. The molecule has 0 atom stereocenters. The van der Waals surface area contributed by atoms with Crippen molar-refractivity contribution in [3.05, 3.63) is 40.9 Å². The van der Waals surface area contributed by atoms with E-state index in [0.717, 1.165) is 12.8 Å². The van der Waals surface area contributed by atoms with Gasteiger partial charge in [-0.3, -0.25) is 9.79 Å². The van der Waals surface area contributed by atoms with Crippen LogP contribution in [0.25, 0.3) is 0 Å². The molecule has 6 nitrogen and oxygen atoms in total. The smallest absolute Gasteiger partial charge is 0.224 e. The van der Waals surface area contributed by atoms with Crippen molar-refractivity contribution in [2.75, 3.05) is 19.0 Å². The molecule has 1 amide bonds. The van der Waals surface area contributed by atoms with Crippen LogP contribution >= 0.6 is 11.6 Å². The number of carbonyl (C=O) groups is 1. The van der Waals surface area contributed by atoms with E-state index in [4.69, 9.17) is 21.1 Å². The van der Waals surface area contributed by atoms with Crippen LogP contribution in [0, 0.1) is 0 Å². The first-order valence-electron chi connectivity index (χ1n) is 9.15. The summed E-state index contributed by atoms with van der Waals surface area (Å²) in [4.78, 5) is 16.3. The van der Waals surface area contributed by atoms with Gasteiger partial charge >= 0.3 is 0 Å². The number of nitrogens with one attached hydrogen (secondary N) is 1. The highest BCUT2D eigenvalue weighted by Crippen LogP contribution is 2.34. The monoisotopic (exact) mass is 404 g/mol. The molecule has 0 saturated heterocycles. The molecule has 0 aliphatic carbocycles. The summed E-state index contributed by atoms with van der Waals surface area (Å²) in [7, 11) is 1.53. The van der Waals surface area contributed by atoms with Gasteiger partial charge in [0.15, 0.2) is 11.5 Å². The number of phenols is 1. The minimum absolute atomic E-state index is 0.0261. The largest absolute Gasteiger partial charge is 0.504 e. The second-order valence-corrected chi connectivity index (χ2v) is 6.51. The fraction of sp³-hybridized carbons (Fsp3) is 0.333. The maximum Gasteiger partial charge on any atom is 0.224 e. The fourth-order valence-corrected chi connectivity index (χ4v) is 2.73. The zero-order valence-corrected chi connectivity index (χ0v) is 17.0. The number of phenolic OH excluding ortho intramolecular Hbond substituents is 1. The number of carbonyl (C=O) groups excluding carboxylic acids is 1. The van der Waals surface area contributed by atoms with E-state index < -0.39 is 0 Å². The molecule has 2 aromatic rings. The van der Waals surface area contributed by atoms with Gasteiger partial charge in [-0.2, -0.15) is 0 Å². The van der Waals surface area contributed by atoms with Crippen LogP contribution in [-0.4, -0.2) is 30.9 Å². The van der Waals surface area contributed by atoms with Crippen molar-refractivity contribution in [2.24, 2.45) is 4.99 Å². The number of rotatable bonds is 9. The number of benzene rings is 2. The van der Waals surface area contributed by atoms with Crippen molar-refractivity contribution in [1.82, 2.24) is 0 Å². The number of anilines is 1. The molecule has 150 valence electrons. The molecule has 0 bridgehead atoms. The molecule has 0 heterocycles. The van der Waals surface area contributed by atoms with E-state index in [1.165, 1.54) is 13.3 Å². The standard InChI is InChI=1S/C21H25ClN2O4/c1-4-6-7-20(25)24-17-9-8-16(12-18(17)27-3)23-13-14-10-15(22)11-19(21(14)26)28-5-2/h8-13,26H,4-7H2,1-3H3,(H,24,25). The highest BCUT2D eigenvalue weighted by atomic mass is 35.5. The molecule has 2 aromatic carbocycles. The summed E-state index contributed by atoms with van der Waals surface area (Å²) in [6, 6.07) is 8.34. The maximum atomic E-state index is 11.9. The van der Waals surface area contributed by atoms with Crippen LogP contribution in [0.3, 0.4) is 0 Å². The minimum atomic E-state index is -0.0521. The van der Waals surface area contributed by atoms with E-state index >= 15 is 0 Å². The lowest BCUT2D eigenvalue weighted by molar-refractivity contribution is -0.116. The van der Waals surface area contributed by atoms with Crippen LogP contribution < -0.4 is 14.8 Å². The highest BCUT2D eigenvalue weighted by Gasteiger charge is 2.10. The van der Waals surface area contributed by atoms with Crippen LogP contribution in [0.5, 0.6) is 17.2 Å². The van der Waals surface area contributed by atoms with Gasteiger partial charge < -0.3 is 19.9 Å². The van der Waals surface area contributed by atoms with Gasteiger partial charge in [0.25, 0.3) is 0 Å². The number of amides is 1. The normalized spacial score (nSPS) is 10.9. The number of methoxy groups -OCH3 is 1. The third-order valence-electron chi connectivity index (χ3n) is 3.94. The van der Waals surface area contributed by atoms with Gasteiger partial charge in [-0.15, -0.1) is 0 Å². The Balaban J connectivity index is 2.22. The number of hydrogen-bond acceptors (Lipinski definition) is 5. The third kappa shape index (κ3) is 5.89. The van der Waals surface area contributed by atoms with Crippen molar-refractivity contribution in [1.29, 1.82) is 0 Å². The molecule has 2 rings (SSSR count). The molecular formula is C21H25ClN2O4.